The lowest BCUT2D eigenvalue weighted by atomic mass is 10.0. The van der Waals surface area contributed by atoms with E-state index in [2.05, 4.69) is 43.5 Å². The minimum absolute atomic E-state index is 0.0159. The number of nitrogens with two attached hydrogens (primary N) is 2. The maximum Gasteiger partial charge on any atom is 0.305 e. The first-order valence-corrected chi connectivity index (χ1v) is 15.1. The van der Waals surface area contributed by atoms with Crippen molar-refractivity contribution in [2.24, 2.45) is 16.5 Å². The Labute approximate surface area is 276 Å². The van der Waals surface area contributed by atoms with Crippen LogP contribution in [0, 0.1) is 0 Å². The molecule has 0 aromatic heterocycles. The van der Waals surface area contributed by atoms with Gasteiger partial charge in [-0.1, -0.05) is 18.7 Å². The molecule has 12 N–H and O–H groups in total. The third-order valence-corrected chi connectivity index (χ3v) is 7.02. The van der Waals surface area contributed by atoms with Crippen LogP contribution in [0.1, 0.15) is 44.6 Å². The van der Waals surface area contributed by atoms with E-state index in [1.807, 2.05) is 0 Å². The van der Waals surface area contributed by atoms with Crippen LogP contribution in [-0.4, -0.2) is 101 Å². The normalized spacial score (nSPS) is 20.7. The quantitative estimate of drug-likeness (QED) is 0.0436. The number of aliphatic carboxylic acids is 1. The van der Waals surface area contributed by atoms with E-state index >= 15 is 0 Å². The summed E-state index contributed by atoms with van der Waals surface area (Å²) in [6, 6.07) is 0.229. The Balaban J connectivity index is 2.47. The Kier molecular flexibility index (Phi) is 15.3. The molecule has 1 saturated heterocycles. The standard InChI is InChI=1S/C30H43N9O9/c1-16(2)25(44)33-11-3-6-20-27(46)37-19(5-4-12-34-30(31)32)26(45)35-15-23(41)36-22(14-24(42)43)29(48)39-21(28(47)38-20)13-17-7-9-18(40)10-8-17/h7-10,19-22,40H,1,3-6,11-15H2,2H3,(H,33,44)(H,35,45)(H,36,41)(H,37,46)(H,38,47)(H,39,48)(H,42,43)(H4,31,32,34)/t19-,20-,21?,22-/m0/s1. The highest BCUT2D eigenvalue weighted by molar-refractivity contribution is 5.98. The second-order valence-corrected chi connectivity index (χ2v) is 11.1. The number of rotatable bonds is 13. The van der Waals surface area contributed by atoms with Gasteiger partial charge in [-0.25, -0.2) is 0 Å². The first-order chi connectivity index (χ1) is 22.7. The average molecular weight is 674 g/mol. The van der Waals surface area contributed by atoms with E-state index in [1.165, 1.54) is 31.2 Å². The maximum atomic E-state index is 13.7. The molecule has 6 amide bonds. The number of aliphatic imine (C=N–C) groups is 1. The number of guanidine groups is 1. The van der Waals surface area contributed by atoms with E-state index in [4.69, 9.17) is 11.5 Å². The fourth-order valence-corrected chi connectivity index (χ4v) is 4.51. The summed E-state index contributed by atoms with van der Waals surface area (Å²) < 4.78 is 0. The van der Waals surface area contributed by atoms with Crippen molar-refractivity contribution in [2.45, 2.75) is 69.6 Å². The Morgan fingerprint density at radius 3 is 2.04 bits per heavy atom. The van der Waals surface area contributed by atoms with Crippen molar-refractivity contribution in [1.82, 2.24) is 31.9 Å². The van der Waals surface area contributed by atoms with E-state index in [0.717, 1.165) is 0 Å². The Hall–Kier alpha value is -5.68. The van der Waals surface area contributed by atoms with E-state index in [1.54, 1.807) is 0 Å². The van der Waals surface area contributed by atoms with Crippen molar-refractivity contribution >= 4 is 47.4 Å². The van der Waals surface area contributed by atoms with E-state index < -0.39 is 78.5 Å². The van der Waals surface area contributed by atoms with Gasteiger partial charge in [-0.15, -0.1) is 0 Å². The van der Waals surface area contributed by atoms with Gasteiger partial charge in [0.1, 0.15) is 29.9 Å². The Morgan fingerprint density at radius 2 is 1.44 bits per heavy atom. The van der Waals surface area contributed by atoms with Gasteiger partial charge in [-0.05, 0) is 50.3 Å². The molecular weight excluding hydrogens is 630 g/mol. The van der Waals surface area contributed by atoms with Gasteiger partial charge in [0.15, 0.2) is 5.96 Å². The summed E-state index contributed by atoms with van der Waals surface area (Å²) in [5.41, 5.74) is 11.5. The molecular formula is C30H43N9O9. The molecule has 1 aliphatic rings. The number of carboxylic acid groups (broad SMARTS) is 1. The van der Waals surface area contributed by atoms with Crippen molar-refractivity contribution in [1.29, 1.82) is 0 Å². The molecule has 0 spiro atoms. The minimum Gasteiger partial charge on any atom is -0.508 e. The fraction of sp³-hybridized carbons (Fsp3) is 0.467. The van der Waals surface area contributed by atoms with Crippen LogP contribution >= 0.6 is 0 Å². The molecule has 1 aromatic carbocycles. The number of hydrogen-bond donors (Lipinski definition) is 10. The summed E-state index contributed by atoms with van der Waals surface area (Å²) in [6.07, 6.45) is -0.547. The molecule has 2 rings (SSSR count). The van der Waals surface area contributed by atoms with Crippen molar-refractivity contribution in [3.05, 3.63) is 42.0 Å². The summed E-state index contributed by atoms with van der Waals surface area (Å²) in [4.78, 5) is 93.7. The van der Waals surface area contributed by atoms with Gasteiger partial charge < -0.3 is 53.6 Å². The number of carbonyl (C=O) groups is 7. The summed E-state index contributed by atoms with van der Waals surface area (Å²) >= 11 is 0. The lowest BCUT2D eigenvalue weighted by molar-refractivity contribution is -0.141. The average Bonchev–Trinajstić information content (AvgIpc) is 3.01. The first kappa shape index (κ1) is 38.5. The van der Waals surface area contributed by atoms with Crippen LogP contribution in [-0.2, 0) is 40.0 Å². The van der Waals surface area contributed by atoms with Crippen LogP contribution in [0.15, 0.2) is 41.4 Å². The summed E-state index contributed by atoms with van der Waals surface area (Å²) in [5, 5.41) is 34.0. The van der Waals surface area contributed by atoms with Crippen LogP contribution in [0.25, 0.3) is 0 Å². The highest BCUT2D eigenvalue weighted by Crippen LogP contribution is 2.13. The number of aromatic hydroxyl groups is 1. The topological polar surface area (TPSA) is 297 Å². The monoisotopic (exact) mass is 673 g/mol. The number of phenolic OH excluding ortho intramolecular Hbond substituents is 1. The van der Waals surface area contributed by atoms with Gasteiger partial charge in [0.2, 0.25) is 35.4 Å². The summed E-state index contributed by atoms with van der Waals surface area (Å²) in [7, 11) is 0. The Bertz CT molecular complexity index is 1390. The Morgan fingerprint density at radius 1 is 0.875 bits per heavy atom. The number of hydrogen-bond acceptors (Lipinski definition) is 9. The van der Waals surface area contributed by atoms with E-state index in [-0.39, 0.29) is 62.5 Å². The smallest absolute Gasteiger partial charge is 0.305 e. The molecule has 1 aromatic rings. The number of benzene rings is 1. The van der Waals surface area contributed by atoms with Crippen LogP contribution in [0.3, 0.4) is 0 Å². The van der Waals surface area contributed by atoms with Gasteiger partial charge in [0, 0.05) is 25.1 Å². The van der Waals surface area contributed by atoms with Crippen LogP contribution in [0.4, 0.5) is 0 Å². The molecule has 262 valence electrons. The van der Waals surface area contributed by atoms with Crippen molar-refractivity contribution in [2.75, 3.05) is 19.6 Å². The van der Waals surface area contributed by atoms with Crippen LogP contribution < -0.4 is 43.4 Å². The van der Waals surface area contributed by atoms with E-state index in [9.17, 15) is 43.8 Å². The number of amides is 6. The zero-order valence-electron chi connectivity index (χ0n) is 26.5. The molecule has 18 heteroatoms. The number of nitrogens with zero attached hydrogens (tertiary/aromatic N) is 1. The zero-order valence-corrected chi connectivity index (χ0v) is 26.5. The van der Waals surface area contributed by atoms with Gasteiger partial charge in [-0.2, -0.15) is 0 Å². The third-order valence-electron chi connectivity index (χ3n) is 7.02. The number of phenols is 1. The molecule has 0 saturated carbocycles. The second-order valence-electron chi connectivity index (χ2n) is 11.1. The summed E-state index contributed by atoms with van der Waals surface area (Å²) in [6.45, 7) is 4.66. The molecule has 0 radical (unpaired) electrons. The SMILES string of the molecule is C=C(C)C(=O)NCCC[C@@H]1NC(=O)C(Cc2ccc(O)cc2)NC(=O)[C@H](CC(=O)O)NC(=O)CNC(=O)[C@H](CCCN=C(N)N)NC1=O. The number of carboxylic acids is 1. The van der Waals surface area contributed by atoms with Crippen LogP contribution in [0.2, 0.25) is 0 Å². The van der Waals surface area contributed by atoms with Crippen molar-refractivity contribution in [3.8, 4) is 5.75 Å². The molecule has 18 nitrogen and oxygen atoms in total. The number of carbonyl (C=O) groups excluding carboxylic acids is 6. The van der Waals surface area contributed by atoms with Crippen molar-refractivity contribution < 1.29 is 43.8 Å². The highest BCUT2D eigenvalue weighted by Gasteiger charge is 2.33. The van der Waals surface area contributed by atoms with Gasteiger partial charge in [0.05, 0.1) is 13.0 Å². The minimum atomic E-state index is -1.63. The highest BCUT2D eigenvalue weighted by atomic mass is 16.4. The lowest BCUT2D eigenvalue weighted by Gasteiger charge is -2.26. The molecule has 4 atom stereocenters. The third kappa shape index (κ3) is 13.8. The zero-order chi connectivity index (χ0) is 35.8. The van der Waals surface area contributed by atoms with Crippen molar-refractivity contribution in [3.63, 3.8) is 0 Å². The molecule has 48 heavy (non-hydrogen) atoms. The molecule has 0 bridgehead atoms. The fourth-order valence-electron chi connectivity index (χ4n) is 4.51. The molecule has 1 unspecified atom stereocenters. The van der Waals surface area contributed by atoms with Gasteiger partial charge >= 0.3 is 5.97 Å². The van der Waals surface area contributed by atoms with Crippen LogP contribution in [0.5, 0.6) is 5.75 Å². The first-order valence-electron chi connectivity index (χ1n) is 15.1. The number of nitrogens with one attached hydrogen (secondary N) is 6. The lowest BCUT2D eigenvalue weighted by Crippen LogP contribution is -2.58. The van der Waals surface area contributed by atoms with E-state index in [0.29, 0.717) is 5.56 Å². The second kappa shape index (κ2) is 19.1. The predicted octanol–water partition coefficient (Wildman–Crippen LogP) is -3.00. The maximum absolute atomic E-state index is 13.7. The molecule has 0 aliphatic carbocycles. The summed E-state index contributed by atoms with van der Waals surface area (Å²) in [5.74, 6) is -6.35. The largest absolute Gasteiger partial charge is 0.508 e. The molecule has 1 aliphatic heterocycles. The van der Waals surface area contributed by atoms with Gasteiger partial charge in [0.25, 0.3) is 0 Å². The molecule has 1 fully saturated rings. The predicted molar refractivity (Wildman–Crippen MR) is 172 cm³/mol. The van der Waals surface area contributed by atoms with Gasteiger partial charge in [-0.3, -0.25) is 38.6 Å². The molecule has 1 heterocycles.